The first-order valence-corrected chi connectivity index (χ1v) is 11.4. The first-order chi connectivity index (χ1) is 16.5. The van der Waals surface area contributed by atoms with Crippen LogP contribution < -0.4 is 10.6 Å². The summed E-state index contributed by atoms with van der Waals surface area (Å²) in [5.74, 6) is -0.996. The zero-order chi connectivity index (χ0) is 25.5. The molecule has 2 N–H and O–H groups in total. The molecule has 2 aromatic heterocycles. The van der Waals surface area contributed by atoms with E-state index in [0.29, 0.717) is 17.5 Å². The molecule has 1 aromatic carbocycles. The van der Waals surface area contributed by atoms with Crippen molar-refractivity contribution in [1.29, 1.82) is 0 Å². The second kappa shape index (κ2) is 9.50. The Hall–Kier alpha value is -3.11. The molecular formula is C23H20Cl2F3N5O2. The lowest BCUT2D eigenvalue weighted by Crippen LogP contribution is -2.34. The van der Waals surface area contributed by atoms with Crippen molar-refractivity contribution in [2.45, 2.75) is 38.9 Å². The van der Waals surface area contributed by atoms with Gasteiger partial charge < -0.3 is 10.6 Å². The van der Waals surface area contributed by atoms with Crippen LogP contribution in [0, 0.1) is 12.8 Å². The van der Waals surface area contributed by atoms with E-state index >= 15 is 0 Å². The maximum Gasteiger partial charge on any atom is 0.435 e. The summed E-state index contributed by atoms with van der Waals surface area (Å²) < 4.78 is 41.1. The summed E-state index contributed by atoms with van der Waals surface area (Å²) in [7, 11) is 0. The third kappa shape index (κ3) is 5.43. The molecule has 0 bridgehead atoms. The van der Waals surface area contributed by atoms with Gasteiger partial charge in [0.15, 0.2) is 5.69 Å². The highest BCUT2D eigenvalue weighted by Gasteiger charge is 2.37. The van der Waals surface area contributed by atoms with Gasteiger partial charge in [0.2, 0.25) is 0 Å². The number of alkyl halides is 3. The standard InChI is InChI=1S/C23H20Cl2F3N5O2/c1-11-7-14(24)8-15(21(34)30-12(2)13-3-4-13)20(11)31-22(35)17-9-19(23(26,27)28)32-33(17)18-10-29-6-5-16(18)25/h5-10,12-13H,3-4H2,1-2H3,(H,30,34)(H,31,35). The zero-order valence-electron chi connectivity index (χ0n) is 18.6. The van der Waals surface area contributed by atoms with E-state index in [1.54, 1.807) is 6.92 Å². The molecule has 0 saturated heterocycles. The zero-order valence-corrected chi connectivity index (χ0v) is 20.1. The van der Waals surface area contributed by atoms with Crippen molar-refractivity contribution in [3.63, 3.8) is 0 Å². The molecular weight excluding hydrogens is 506 g/mol. The highest BCUT2D eigenvalue weighted by molar-refractivity contribution is 6.32. The Morgan fingerprint density at radius 3 is 2.51 bits per heavy atom. The van der Waals surface area contributed by atoms with Crippen LogP contribution in [-0.2, 0) is 6.18 Å². The fraction of sp³-hybridized carbons (Fsp3) is 0.304. The molecule has 12 heteroatoms. The van der Waals surface area contributed by atoms with Crippen molar-refractivity contribution in [2.24, 2.45) is 5.92 Å². The number of amides is 2. The topological polar surface area (TPSA) is 88.9 Å². The van der Waals surface area contributed by atoms with Crippen LogP contribution in [0.4, 0.5) is 18.9 Å². The summed E-state index contributed by atoms with van der Waals surface area (Å²) in [4.78, 5) is 30.1. The summed E-state index contributed by atoms with van der Waals surface area (Å²) in [6, 6.07) is 4.83. The predicted octanol–water partition coefficient (Wildman–Crippen LogP) is 5.68. The van der Waals surface area contributed by atoms with Crippen LogP contribution in [0.25, 0.3) is 5.69 Å². The van der Waals surface area contributed by atoms with E-state index in [0.717, 1.165) is 17.5 Å². The Morgan fingerprint density at radius 2 is 1.89 bits per heavy atom. The minimum Gasteiger partial charge on any atom is -0.349 e. The van der Waals surface area contributed by atoms with Crippen molar-refractivity contribution in [1.82, 2.24) is 20.1 Å². The minimum absolute atomic E-state index is 0.0149. The van der Waals surface area contributed by atoms with Gasteiger partial charge in [0.05, 0.1) is 22.5 Å². The van der Waals surface area contributed by atoms with Gasteiger partial charge in [-0.3, -0.25) is 14.6 Å². The fourth-order valence-electron chi connectivity index (χ4n) is 3.65. The molecule has 7 nitrogen and oxygen atoms in total. The van der Waals surface area contributed by atoms with Crippen LogP contribution >= 0.6 is 23.2 Å². The molecule has 1 fully saturated rings. The number of hydrogen-bond donors (Lipinski definition) is 2. The van der Waals surface area contributed by atoms with Gasteiger partial charge in [-0.05, 0) is 56.4 Å². The van der Waals surface area contributed by atoms with Crippen LogP contribution in [0.5, 0.6) is 0 Å². The van der Waals surface area contributed by atoms with Crippen LogP contribution in [-0.4, -0.2) is 32.6 Å². The number of aromatic nitrogens is 3. The number of hydrogen-bond acceptors (Lipinski definition) is 4. The van der Waals surface area contributed by atoms with Crippen molar-refractivity contribution in [3.8, 4) is 5.69 Å². The molecule has 0 spiro atoms. The van der Waals surface area contributed by atoms with Gasteiger partial charge in [-0.15, -0.1) is 0 Å². The van der Waals surface area contributed by atoms with Gasteiger partial charge in [-0.1, -0.05) is 23.2 Å². The molecule has 2 heterocycles. The molecule has 4 rings (SSSR count). The van der Waals surface area contributed by atoms with Crippen molar-refractivity contribution in [2.75, 3.05) is 5.32 Å². The molecule has 1 unspecified atom stereocenters. The number of rotatable bonds is 6. The van der Waals surface area contributed by atoms with Crippen LogP contribution in [0.2, 0.25) is 10.0 Å². The number of anilines is 1. The molecule has 184 valence electrons. The van der Waals surface area contributed by atoms with Gasteiger partial charge in [-0.25, -0.2) is 4.68 Å². The number of benzene rings is 1. The highest BCUT2D eigenvalue weighted by Crippen LogP contribution is 2.34. The molecule has 1 saturated carbocycles. The minimum atomic E-state index is -4.81. The highest BCUT2D eigenvalue weighted by atomic mass is 35.5. The van der Waals surface area contributed by atoms with Crippen molar-refractivity contribution >= 4 is 40.7 Å². The number of nitrogens with zero attached hydrogens (tertiary/aromatic N) is 3. The predicted molar refractivity (Wildman–Crippen MR) is 125 cm³/mol. The lowest BCUT2D eigenvalue weighted by atomic mass is 10.1. The first kappa shape index (κ1) is 25.0. The molecule has 1 atom stereocenters. The van der Waals surface area contributed by atoms with E-state index in [1.165, 1.54) is 30.6 Å². The van der Waals surface area contributed by atoms with E-state index in [9.17, 15) is 22.8 Å². The molecule has 0 radical (unpaired) electrons. The monoisotopic (exact) mass is 525 g/mol. The van der Waals surface area contributed by atoms with Gasteiger partial charge in [0.1, 0.15) is 11.4 Å². The van der Waals surface area contributed by atoms with Gasteiger partial charge in [0, 0.05) is 23.3 Å². The van der Waals surface area contributed by atoms with Crippen LogP contribution in [0.3, 0.4) is 0 Å². The van der Waals surface area contributed by atoms with E-state index < -0.39 is 29.4 Å². The van der Waals surface area contributed by atoms with E-state index in [-0.39, 0.29) is 33.0 Å². The second-order valence-corrected chi connectivity index (χ2v) is 9.19. The summed E-state index contributed by atoms with van der Waals surface area (Å²) >= 11 is 12.3. The molecule has 35 heavy (non-hydrogen) atoms. The maximum atomic E-state index is 13.4. The van der Waals surface area contributed by atoms with E-state index in [4.69, 9.17) is 23.2 Å². The van der Waals surface area contributed by atoms with Gasteiger partial charge >= 0.3 is 6.18 Å². The lowest BCUT2D eigenvalue weighted by Gasteiger charge is -2.18. The molecule has 1 aliphatic rings. The number of carbonyl (C=O) groups excluding carboxylic acids is 2. The number of halogens is 5. The average molecular weight is 526 g/mol. The number of pyridine rings is 1. The van der Waals surface area contributed by atoms with E-state index in [2.05, 4.69) is 20.7 Å². The molecule has 1 aliphatic carbocycles. The van der Waals surface area contributed by atoms with Crippen molar-refractivity contribution < 1.29 is 22.8 Å². The van der Waals surface area contributed by atoms with Crippen LogP contribution in [0.1, 0.15) is 51.9 Å². The summed E-state index contributed by atoms with van der Waals surface area (Å²) in [5.41, 5.74) is -1.07. The Kier molecular flexibility index (Phi) is 6.79. The quantitative estimate of drug-likeness (QED) is 0.433. The Balaban J connectivity index is 1.73. The Labute approximate surface area is 208 Å². The van der Waals surface area contributed by atoms with Crippen LogP contribution in [0.15, 0.2) is 36.7 Å². The molecule has 0 aliphatic heterocycles. The summed E-state index contributed by atoms with van der Waals surface area (Å²) in [5, 5.41) is 9.32. The Morgan fingerprint density at radius 1 is 1.17 bits per heavy atom. The van der Waals surface area contributed by atoms with Crippen molar-refractivity contribution in [3.05, 3.63) is 69.2 Å². The van der Waals surface area contributed by atoms with Gasteiger partial charge in [0.25, 0.3) is 11.8 Å². The first-order valence-electron chi connectivity index (χ1n) is 10.6. The number of aryl methyl sites for hydroxylation is 1. The summed E-state index contributed by atoms with van der Waals surface area (Å²) in [6.45, 7) is 3.51. The average Bonchev–Trinajstić information content (AvgIpc) is 3.53. The third-order valence-corrected chi connectivity index (χ3v) is 6.22. The normalized spacial score (nSPS) is 14.5. The molecule has 2 amide bonds. The number of carbonyl (C=O) groups is 2. The van der Waals surface area contributed by atoms with E-state index in [1.807, 2.05) is 6.92 Å². The second-order valence-electron chi connectivity index (χ2n) is 8.35. The largest absolute Gasteiger partial charge is 0.435 e. The fourth-order valence-corrected chi connectivity index (χ4v) is 4.11. The molecule has 3 aromatic rings. The Bertz CT molecular complexity index is 1300. The number of nitrogens with one attached hydrogen (secondary N) is 2. The SMILES string of the molecule is Cc1cc(Cl)cc(C(=O)NC(C)C2CC2)c1NC(=O)c1cc(C(F)(F)F)nn1-c1cnccc1Cl. The smallest absolute Gasteiger partial charge is 0.349 e. The maximum absolute atomic E-state index is 13.4. The van der Waals surface area contributed by atoms with Gasteiger partial charge in [-0.2, -0.15) is 18.3 Å². The lowest BCUT2D eigenvalue weighted by molar-refractivity contribution is -0.141. The summed E-state index contributed by atoms with van der Waals surface area (Å²) in [6.07, 6.45) is -0.235. The third-order valence-electron chi connectivity index (χ3n) is 5.68.